The summed E-state index contributed by atoms with van der Waals surface area (Å²) < 4.78 is 6.55. The van der Waals surface area contributed by atoms with Gasteiger partial charge in [-0.2, -0.15) is 0 Å². The fourth-order valence-corrected chi connectivity index (χ4v) is 6.08. The van der Waals surface area contributed by atoms with Gasteiger partial charge >= 0.3 is 0 Å². The van der Waals surface area contributed by atoms with Crippen LogP contribution >= 0.6 is 0 Å². The third-order valence-corrected chi connectivity index (χ3v) is 7.96. The smallest absolute Gasteiger partial charge is 0.170 e. The number of Topliss-reactive ketones (excluding diaryl/α,β-unsaturated/α-hetero) is 1. The standard InChI is InChI=1S/C28H38N2O3/c1-19-4-7-21(8-5-19)22-10-12-28(13-11-22)18-26(32)25(27(33-28)3-2-14-31)9-6-20-15-23(29)17-24(30)16-20/h2-3,9,14-17,19,21-22,31H,4-8,10-13,18,29-30H2,1H3/b14-2+,25-9-,27-3+. The topological polar surface area (TPSA) is 98.6 Å². The molecule has 33 heavy (non-hydrogen) atoms. The third kappa shape index (κ3) is 5.63. The number of nitrogens with two attached hydrogens (primary N) is 2. The lowest BCUT2D eigenvalue weighted by Gasteiger charge is -2.46. The Morgan fingerprint density at radius 3 is 2.30 bits per heavy atom. The van der Waals surface area contributed by atoms with Gasteiger partial charge in [-0.3, -0.25) is 4.79 Å². The number of hydrogen-bond acceptors (Lipinski definition) is 5. The Morgan fingerprint density at radius 2 is 1.67 bits per heavy atom. The summed E-state index contributed by atoms with van der Waals surface area (Å²) in [5.74, 6) is 3.14. The number of rotatable bonds is 4. The van der Waals surface area contributed by atoms with E-state index in [2.05, 4.69) is 6.92 Å². The number of carbonyl (C=O) groups is 1. The van der Waals surface area contributed by atoms with Crippen molar-refractivity contribution in [1.82, 2.24) is 0 Å². The lowest BCUT2D eigenvalue weighted by atomic mass is 9.67. The molecule has 5 nitrogen and oxygen atoms in total. The van der Waals surface area contributed by atoms with Gasteiger partial charge in [-0.05, 0) is 98.6 Å². The van der Waals surface area contributed by atoms with Gasteiger partial charge in [-0.25, -0.2) is 0 Å². The number of hydrogen-bond donors (Lipinski definition) is 3. The number of allylic oxidation sites excluding steroid dienone is 4. The van der Waals surface area contributed by atoms with Gasteiger partial charge in [-0.15, -0.1) is 0 Å². The molecule has 0 aromatic heterocycles. The monoisotopic (exact) mass is 450 g/mol. The Hall–Kier alpha value is -2.69. The van der Waals surface area contributed by atoms with E-state index in [0.29, 0.717) is 35.5 Å². The normalized spacial score (nSPS) is 33.1. The number of carbonyl (C=O) groups excluding carboxylic acids is 1. The van der Waals surface area contributed by atoms with Crippen LogP contribution in [0.15, 0.2) is 54.0 Å². The molecule has 0 radical (unpaired) electrons. The summed E-state index contributed by atoms with van der Waals surface area (Å²) in [4.78, 5) is 13.3. The number of nitrogen functional groups attached to an aromatic ring is 2. The summed E-state index contributed by atoms with van der Waals surface area (Å²) in [6.07, 6.45) is 16.6. The zero-order valence-electron chi connectivity index (χ0n) is 19.8. The average molecular weight is 451 g/mol. The van der Waals surface area contributed by atoms with E-state index < -0.39 is 5.60 Å². The fraction of sp³-hybridized carbons (Fsp3) is 0.536. The largest absolute Gasteiger partial charge is 0.516 e. The predicted molar refractivity (Wildman–Crippen MR) is 133 cm³/mol. The molecule has 0 atom stereocenters. The van der Waals surface area contributed by atoms with Gasteiger partial charge < -0.3 is 21.3 Å². The van der Waals surface area contributed by atoms with Crippen molar-refractivity contribution in [3.05, 3.63) is 59.6 Å². The van der Waals surface area contributed by atoms with Crippen molar-refractivity contribution in [2.45, 2.75) is 76.7 Å². The molecule has 5 heteroatoms. The van der Waals surface area contributed by atoms with Crippen molar-refractivity contribution in [3.8, 4) is 0 Å². The van der Waals surface area contributed by atoms with E-state index in [-0.39, 0.29) is 5.78 Å². The first kappa shape index (κ1) is 23.5. The summed E-state index contributed by atoms with van der Waals surface area (Å²) in [6.45, 7) is 2.37. The quantitative estimate of drug-likeness (QED) is 0.296. The molecule has 3 aliphatic rings. The van der Waals surface area contributed by atoms with E-state index in [0.717, 1.165) is 55.3 Å². The van der Waals surface area contributed by atoms with Crippen molar-refractivity contribution in [2.24, 2.45) is 17.8 Å². The van der Waals surface area contributed by atoms with Crippen LogP contribution in [0.2, 0.25) is 0 Å². The van der Waals surface area contributed by atoms with Gasteiger partial charge in [0.25, 0.3) is 0 Å². The van der Waals surface area contributed by atoms with Crippen LogP contribution in [0.4, 0.5) is 11.4 Å². The first-order valence-corrected chi connectivity index (χ1v) is 12.5. The SMILES string of the molecule is CC1CCC(C2CCC3(CC2)CC(=O)C(=C/Cc2cc(N)cc(N)c2)/C(=C\C=C\O)O3)CC1. The van der Waals surface area contributed by atoms with Gasteiger partial charge in [0.05, 0.1) is 18.3 Å². The summed E-state index contributed by atoms with van der Waals surface area (Å²) >= 11 is 0. The summed E-state index contributed by atoms with van der Waals surface area (Å²) in [5, 5.41) is 9.20. The highest BCUT2D eigenvalue weighted by Gasteiger charge is 2.45. The summed E-state index contributed by atoms with van der Waals surface area (Å²) in [6, 6.07) is 5.46. The molecular weight excluding hydrogens is 412 g/mol. The first-order chi connectivity index (χ1) is 15.9. The van der Waals surface area contributed by atoms with Gasteiger partial charge in [0.15, 0.2) is 5.78 Å². The predicted octanol–water partition coefficient (Wildman–Crippen LogP) is 6.02. The van der Waals surface area contributed by atoms with E-state index in [4.69, 9.17) is 16.2 Å². The van der Waals surface area contributed by atoms with Gasteiger partial charge in [0.2, 0.25) is 0 Å². The molecular formula is C28H38N2O3. The molecule has 2 aliphatic carbocycles. The Bertz CT molecular complexity index is 926. The molecule has 5 N–H and O–H groups in total. The van der Waals surface area contributed by atoms with Gasteiger partial charge in [0.1, 0.15) is 11.4 Å². The highest BCUT2D eigenvalue weighted by molar-refractivity contribution is 6.00. The Morgan fingerprint density at radius 1 is 1.03 bits per heavy atom. The van der Waals surface area contributed by atoms with Crippen LogP contribution in [0, 0.1) is 17.8 Å². The van der Waals surface area contributed by atoms with Crippen LogP contribution in [-0.2, 0) is 16.0 Å². The second kappa shape index (κ2) is 10.1. The average Bonchev–Trinajstić information content (AvgIpc) is 2.77. The Labute approximate surface area is 197 Å². The van der Waals surface area contributed by atoms with Crippen molar-refractivity contribution in [1.29, 1.82) is 0 Å². The van der Waals surface area contributed by atoms with Crippen LogP contribution in [0.5, 0.6) is 0 Å². The van der Waals surface area contributed by atoms with E-state index in [1.165, 1.54) is 31.8 Å². The second-order valence-corrected chi connectivity index (χ2v) is 10.4. The maximum atomic E-state index is 13.3. The minimum absolute atomic E-state index is 0.112. The number of ketones is 1. The van der Waals surface area contributed by atoms with Crippen LogP contribution < -0.4 is 11.5 Å². The number of ether oxygens (including phenoxy) is 1. The number of benzene rings is 1. The number of aliphatic hydroxyl groups is 1. The fourth-order valence-electron chi connectivity index (χ4n) is 6.08. The molecule has 1 aliphatic heterocycles. The summed E-state index contributed by atoms with van der Waals surface area (Å²) in [7, 11) is 0. The van der Waals surface area contributed by atoms with E-state index >= 15 is 0 Å². The Balaban J connectivity index is 1.47. The van der Waals surface area contributed by atoms with Crippen molar-refractivity contribution >= 4 is 17.2 Å². The lowest BCUT2D eigenvalue weighted by molar-refractivity contribution is -0.130. The van der Waals surface area contributed by atoms with Crippen LogP contribution in [-0.4, -0.2) is 16.5 Å². The molecule has 178 valence electrons. The second-order valence-electron chi connectivity index (χ2n) is 10.4. The highest BCUT2D eigenvalue weighted by Crippen LogP contribution is 2.48. The maximum absolute atomic E-state index is 13.3. The minimum atomic E-state index is -0.413. The molecule has 2 saturated carbocycles. The van der Waals surface area contributed by atoms with Crippen molar-refractivity contribution in [3.63, 3.8) is 0 Å². The van der Waals surface area contributed by atoms with E-state index in [1.54, 1.807) is 12.1 Å². The first-order valence-electron chi connectivity index (χ1n) is 12.5. The molecule has 0 bridgehead atoms. The molecule has 1 saturated heterocycles. The third-order valence-electron chi connectivity index (χ3n) is 7.96. The summed E-state index contributed by atoms with van der Waals surface area (Å²) in [5.41, 5.74) is 14.2. The molecule has 1 aromatic rings. The lowest BCUT2D eigenvalue weighted by Crippen LogP contribution is -2.44. The molecule has 1 aromatic carbocycles. The van der Waals surface area contributed by atoms with E-state index in [1.807, 2.05) is 18.2 Å². The molecule has 0 unspecified atom stereocenters. The van der Waals surface area contributed by atoms with Crippen molar-refractivity contribution in [2.75, 3.05) is 11.5 Å². The number of anilines is 2. The zero-order valence-corrected chi connectivity index (χ0v) is 19.8. The van der Waals surface area contributed by atoms with Crippen LogP contribution in [0.1, 0.15) is 70.3 Å². The minimum Gasteiger partial charge on any atom is -0.516 e. The Kier molecular flexibility index (Phi) is 7.16. The van der Waals surface area contributed by atoms with Crippen LogP contribution in [0.25, 0.3) is 0 Å². The van der Waals surface area contributed by atoms with Gasteiger partial charge in [-0.1, -0.05) is 25.8 Å². The maximum Gasteiger partial charge on any atom is 0.170 e. The molecule has 1 heterocycles. The van der Waals surface area contributed by atoms with Crippen LogP contribution in [0.3, 0.4) is 0 Å². The van der Waals surface area contributed by atoms with Crippen molar-refractivity contribution < 1.29 is 14.6 Å². The highest BCUT2D eigenvalue weighted by atomic mass is 16.5. The molecule has 3 fully saturated rings. The molecule has 1 spiro atoms. The molecule has 0 amide bonds. The zero-order chi connectivity index (χ0) is 23.4. The number of aliphatic hydroxyl groups excluding tert-OH is 1. The molecule has 4 rings (SSSR count). The van der Waals surface area contributed by atoms with Gasteiger partial charge in [0, 0.05) is 11.4 Å². The van der Waals surface area contributed by atoms with E-state index in [9.17, 15) is 9.90 Å².